The summed E-state index contributed by atoms with van der Waals surface area (Å²) in [5.74, 6) is -5.68. The van der Waals surface area contributed by atoms with Crippen LogP contribution in [0.1, 0.15) is 62.2 Å². The molecule has 0 spiro atoms. The number of nitrogens with two attached hydrogens (primary N) is 1. The van der Waals surface area contributed by atoms with E-state index in [1.54, 1.807) is 0 Å². The monoisotopic (exact) mass is 344 g/mol. The predicted octanol–water partition coefficient (Wildman–Crippen LogP) is 3.44. The van der Waals surface area contributed by atoms with Gasteiger partial charge in [0, 0.05) is 12.1 Å². The van der Waals surface area contributed by atoms with Crippen LogP contribution in [0, 0.1) is 17.5 Å². The minimum Gasteiger partial charge on any atom is -0.368 e. The third-order valence-electron chi connectivity index (χ3n) is 3.73. The quantitative estimate of drug-likeness (QED) is 0.638. The standard InChI is InChI=1S/C17H23F3N2O2/c1-2-3-4-5-6-7-8-14(16(21)23)22-17(24)15-12(19)9-11(18)10-13(15)20/h9-10,14H,2-8H2,1H3,(H2,21,23)(H,22,24)/t14-/m0/s1. The van der Waals surface area contributed by atoms with E-state index < -0.39 is 40.9 Å². The smallest absolute Gasteiger partial charge is 0.257 e. The number of primary amides is 1. The van der Waals surface area contributed by atoms with E-state index in [-0.39, 0.29) is 6.42 Å². The van der Waals surface area contributed by atoms with E-state index >= 15 is 0 Å². The topological polar surface area (TPSA) is 72.2 Å². The Labute approximate surface area is 139 Å². The molecule has 1 rings (SSSR count). The summed E-state index contributed by atoms with van der Waals surface area (Å²) in [4.78, 5) is 23.4. The maximum absolute atomic E-state index is 13.6. The van der Waals surface area contributed by atoms with Crippen molar-refractivity contribution in [3.63, 3.8) is 0 Å². The minimum atomic E-state index is -1.33. The van der Waals surface area contributed by atoms with E-state index in [0.717, 1.165) is 32.1 Å². The molecule has 4 nitrogen and oxygen atoms in total. The minimum absolute atomic E-state index is 0.289. The fraction of sp³-hybridized carbons (Fsp3) is 0.529. The van der Waals surface area contributed by atoms with Gasteiger partial charge < -0.3 is 11.1 Å². The molecule has 0 unspecified atom stereocenters. The molecule has 0 aliphatic rings. The fourth-order valence-corrected chi connectivity index (χ4v) is 2.40. The molecule has 0 radical (unpaired) electrons. The average Bonchev–Trinajstić information content (AvgIpc) is 2.48. The number of rotatable bonds is 10. The maximum Gasteiger partial charge on any atom is 0.257 e. The highest BCUT2D eigenvalue weighted by atomic mass is 19.1. The lowest BCUT2D eigenvalue weighted by atomic mass is 10.0. The summed E-state index contributed by atoms with van der Waals surface area (Å²) in [7, 11) is 0. The van der Waals surface area contributed by atoms with Crippen molar-refractivity contribution in [1.29, 1.82) is 0 Å². The van der Waals surface area contributed by atoms with Gasteiger partial charge in [-0.2, -0.15) is 0 Å². The molecule has 0 heterocycles. The molecule has 0 bridgehead atoms. The van der Waals surface area contributed by atoms with Crippen LogP contribution in [0.3, 0.4) is 0 Å². The van der Waals surface area contributed by atoms with Gasteiger partial charge in [0.1, 0.15) is 29.1 Å². The van der Waals surface area contributed by atoms with Crippen molar-refractivity contribution in [3.05, 3.63) is 35.1 Å². The molecule has 1 aromatic carbocycles. The summed E-state index contributed by atoms with van der Waals surface area (Å²) in [5, 5.41) is 2.22. The van der Waals surface area contributed by atoms with Crippen LogP contribution in [0.2, 0.25) is 0 Å². The predicted molar refractivity (Wildman–Crippen MR) is 84.8 cm³/mol. The highest BCUT2D eigenvalue weighted by Crippen LogP contribution is 2.15. The Balaban J connectivity index is 2.62. The lowest BCUT2D eigenvalue weighted by molar-refractivity contribution is -0.120. The molecule has 0 aromatic heterocycles. The Morgan fingerprint density at radius 2 is 1.58 bits per heavy atom. The van der Waals surface area contributed by atoms with Gasteiger partial charge in [-0.25, -0.2) is 13.2 Å². The van der Waals surface area contributed by atoms with Gasteiger partial charge in [0.05, 0.1) is 0 Å². The molecule has 24 heavy (non-hydrogen) atoms. The molecular formula is C17H23F3N2O2. The number of hydrogen-bond donors (Lipinski definition) is 2. The Kier molecular flexibility index (Phi) is 8.29. The van der Waals surface area contributed by atoms with Crippen LogP contribution in [0.15, 0.2) is 12.1 Å². The van der Waals surface area contributed by atoms with Crippen molar-refractivity contribution >= 4 is 11.8 Å². The first-order valence-electron chi connectivity index (χ1n) is 8.11. The summed E-state index contributed by atoms with van der Waals surface area (Å²) in [5.41, 5.74) is 4.30. The lowest BCUT2D eigenvalue weighted by Crippen LogP contribution is -2.44. The molecule has 1 atom stereocenters. The average molecular weight is 344 g/mol. The molecule has 0 saturated carbocycles. The number of amides is 2. The number of benzene rings is 1. The number of unbranched alkanes of at least 4 members (excludes halogenated alkanes) is 5. The van der Waals surface area contributed by atoms with Crippen molar-refractivity contribution in [1.82, 2.24) is 5.32 Å². The molecule has 0 aliphatic heterocycles. The van der Waals surface area contributed by atoms with Gasteiger partial charge >= 0.3 is 0 Å². The Bertz CT molecular complexity index is 556. The third-order valence-corrected chi connectivity index (χ3v) is 3.73. The number of hydrogen-bond acceptors (Lipinski definition) is 2. The normalized spacial score (nSPS) is 12.0. The Morgan fingerprint density at radius 3 is 2.12 bits per heavy atom. The van der Waals surface area contributed by atoms with Gasteiger partial charge in [-0.15, -0.1) is 0 Å². The van der Waals surface area contributed by atoms with E-state index in [0.29, 0.717) is 18.6 Å². The van der Waals surface area contributed by atoms with Crippen molar-refractivity contribution < 1.29 is 22.8 Å². The molecule has 7 heteroatoms. The number of nitrogens with one attached hydrogen (secondary N) is 1. The molecule has 0 fully saturated rings. The molecule has 3 N–H and O–H groups in total. The van der Waals surface area contributed by atoms with E-state index in [9.17, 15) is 22.8 Å². The van der Waals surface area contributed by atoms with Gasteiger partial charge in [0.15, 0.2) is 0 Å². The van der Waals surface area contributed by atoms with E-state index in [4.69, 9.17) is 5.73 Å². The lowest BCUT2D eigenvalue weighted by Gasteiger charge is -2.16. The van der Waals surface area contributed by atoms with Gasteiger partial charge in [0.2, 0.25) is 5.91 Å². The van der Waals surface area contributed by atoms with Crippen LogP contribution < -0.4 is 11.1 Å². The summed E-state index contributed by atoms with van der Waals surface area (Å²) in [6.45, 7) is 2.10. The highest BCUT2D eigenvalue weighted by molar-refractivity contribution is 5.97. The number of halogens is 3. The molecular weight excluding hydrogens is 321 g/mol. The Morgan fingerprint density at radius 1 is 1.04 bits per heavy atom. The SMILES string of the molecule is CCCCCCCC[C@H](NC(=O)c1c(F)cc(F)cc1F)C(N)=O. The molecule has 134 valence electrons. The van der Waals surface area contributed by atoms with E-state index in [1.807, 2.05) is 0 Å². The zero-order chi connectivity index (χ0) is 18.1. The summed E-state index contributed by atoms with van der Waals surface area (Å²) >= 11 is 0. The molecule has 1 aromatic rings. The zero-order valence-electron chi connectivity index (χ0n) is 13.7. The second-order valence-electron chi connectivity index (χ2n) is 5.73. The largest absolute Gasteiger partial charge is 0.368 e. The van der Waals surface area contributed by atoms with Gasteiger partial charge in [0.25, 0.3) is 5.91 Å². The number of carbonyl (C=O) groups is 2. The van der Waals surface area contributed by atoms with Crippen molar-refractivity contribution in [3.8, 4) is 0 Å². The van der Waals surface area contributed by atoms with Crippen LogP contribution in [-0.4, -0.2) is 17.9 Å². The Hall–Kier alpha value is -2.05. The van der Waals surface area contributed by atoms with E-state index in [1.165, 1.54) is 0 Å². The van der Waals surface area contributed by atoms with Gasteiger partial charge in [-0.05, 0) is 6.42 Å². The fourth-order valence-electron chi connectivity index (χ4n) is 2.40. The first-order valence-corrected chi connectivity index (χ1v) is 8.11. The van der Waals surface area contributed by atoms with Gasteiger partial charge in [-0.3, -0.25) is 9.59 Å². The van der Waals surface area contributed by atoms with Crippen LogP contribution in [-0.2, 0) is 4.79 Å². The second-order valence-corrected chi connectivity index (χ2v) is 5.73. The molecule has 2 amide bonds. The maximum atomic E-state index is 13.6. The van der Waals surface area contributed by atoms with Crippen LogP contribution in [0.5, 0.6) is 0 Å². The van der Waals surface area contributed by atoms with Crippen molar-refractivity contribution in [2.75, 3.05) is 0 Å². The summed E-state index contributed by atoms with van der Waals surface area (Å²) in [6, 6.07) is -0.205. The van der Waals surface area contributed by atoms with Crippen LogP contribution >= 0.6 is 0 Å². The number of carbonyl (C=O) groups excluding carboxylic acids is 2. The second kappa shape index (κ2) is 9.95. The first kappa shape index (κ1) is 20.0. The third kappa shape index (κ3) is 6.22. The summed E-state index contributed by atoms with van der Waals surface area (Å²) < 4.78 is 40.0. The van der Waals surface area contributed by atoms with Crippen LogP contribution in [0.4, 0.5) is 13.2 Å². The van der Waals surface area contributed by atoms with Gasteiger partial charge in [-0.1, -0.05) is 45.4 Å². The first-order chi connectivity index (χ1) is 11.4. The van der Waals surface area contributed by atoms with Crippen molar-refractivity contribution in [2.45, 2.75) is 57.9 Å². The zero-order valence-corrected chi connectivity index (χ0v) is 13.7. The van der Waals surface area contributed by atoms with E-state index in [2.05, 4.69) is 12.2 Å². The molecule has 0 saturated heterocycles. The highest BCUT2D eigenvalue weighted by Gasteiger charge is 2.24. The van der Waals surface area contributed by atoms with Crippen molar-refractivity contribution in [2.24, 2.45) is 5.73 Å². The summed E-state index contributed by atoms with van der Waals surface area (Å²) in [6.07, 6.45) is 6.18. The molecule has 0 aliphatic carbocycles. The van der Waals surface area contributed by atoms with Crippen LogP contribution in [0.25, 0.3) is 0 Å².